The first-order valence-electron chi connectivity index (χ1n) is 8.45. The fraction of sp³-hybridized carbons (Fsp3) is 0.556. The second-order valence-electron chi connectivity index (χ2n) is 6.31. The van der Waals surface area contributed by atoms with Gasteiger partial charge in [0.25, 0.3) is 5.91 Å². The number of amides is 1. The molecule has 24 heavy (non-hydrogen) atoms. The number of rotatable bonds is 6. The molecule has 0 saturated carbocycles. The van der Waals surface area contributed by atoms with Gasteiger partial charge in [-0.25, -0.2) is 4.79 Å². The van der Waals surface area contributed by atoms with Gasteiger partial charge in [0.05, 0.1) is 12.6 Å². The quantitative estimate of drug-likeness (QED) is 0.853. The summed E-state index contributed by atoms with van der Waals surface area (Å²) in [6, 6.07) is 10.1. The van der Waals surface area contributed by atoms with Crippen LogP contribution in [-0.2, 0) is 25.5 Å². The number of benzene rings is 1. The van der Waals surface area contributed by atoms with Crippen LogP contribution in [0.1, 0.15) is 24.8 Å². The number of carboxylic acids is 1. The summed E-state index contributed by atoms with van der Waals surface area (Å²) in [6.07, 6.45) is 0.913. The molecule has 3 atom stereocenters. The Hall–Kier alpha value is -1.92. The summed E-state index contributed by atoms with van der Waals surface area (Å²) >= 11 is 0. The zero-order valence-corrected chi connectivity index (χ0v) is 13.6. The fourth-order valence-electron chi connectivity index (χ4n) is 3.32. The average molecular weight is 333 g/mol. The molecule has 0 spiro atoms. The lowest BCUT2D eigenvalue weighted by Gasteiger charge is -2.30. The minimum atomic E-state index is -0.995. The van der Waals surface area contributed by atoms with Gasteiger partial charge in [-0.1, -0.05) is 30.3 Å². The number of carbonyl (C=O) groups is 2. The smallest absolute Gasteiger partial charge is 0.332 e. The summed E-state index contributed by atoms with van der Waals surface area (Å²) < 4.78 is 10.9. The number of carboxylic acid groups (broad SMARTS) is 1. The maximum Gasteiger partial charge on any atom is 0.332 e. The molecule has 0 bridgehead atoms. The number of carbonyl (C=O) groups excluding carboxylic acids is 1. The van der Waals surface area contributed by atoms with Gasteiger partial charge in [-0.3, -0.25) is 4.79 Å². The molecule has 0 aliphatic carbocycles. The van der Waals surface area contributed by atoms with Crippen molar-refractivity contribution in [2.24, 2.45) is 0 Å². The van der Waals surface area contributed by atoms with Crippen molar-refractivity contribution in [1.29, 1.82) is 0 Å². The van der Waals surface area contributed by atoms with Crippen LogP contribution < -0.4 is 0 Å². The van der Waals surface area contributed by atoms with Crippen LogP contribution in [0, 0.1) is 0 Å². The molecule has 2 aliphatic heterocycles. The zero-order chi connectivity index (χ0) is 16.9. The Kier molecular flexibility index (Phi) is 5.48. The minimum Gasteiger partial charge on any atom is -0.479 e. The summed E-state index contributed by atoms with van der Waals surface area (Å²) in [5.41, 5.74) is 1.17. The minimum absolute atomic E-state index is 0.0497. The SMILES string of the molecule is O=C(O)[C@H]1CC[C@@H](C(=O)N(CCc2ccccc2)C2CCOC2)O1. The van der Waals surface area contributed by atoms with Crippen LogP contribution in [0.4, 0.5) is 0 Å². The standard InChI is InChI=1S/C18H23NO5/c20-17(15-6-7-16(24-15)18(21)22)19(14-9-11-23-12-14)10-8-13-4-2-1-3-5-13/h1-5,14-16H,6-12H2,(H,21,22)/t14?,15-,16+/m0/s1. The third kappa shape index (κ3) is 3.94. The summed E-state index contributed by atoms with van der Waals surface area (Å²) in [7, 11) is 0. The van der Waals surface area contributed by atoms with Crippen LogP contribution in [0.15, 0.2) is 30.3 Å². The Bertz CT molecular complexity index is 570. The number of hydrogen-bond acceptors (Lipinski definition) is 4. The third-order valence-electron chi connectivity index (χ3n) is 4.68. The molecule has 1 aromatic rings. The number of ether oxygens (including phenoxy) is 2. The highest BCUT2D eigenvalue weighted by Crippen LogP contribution is 2.24. The summed E-state index contributed by atoms with van der Waals surface area (Å²) in [5, 5.41) is 9.05. The molecule has 0 radical (unpaired) electrons. The molecule has 2 heterocycles. The van der Waals surface area contributed by atoms with E-state index in [4.69, 9.17) is 14.6 Å². The van der Waals surface area contributed by atoms with Crippen molar-refractivity contribution in [2.45, 2.75) is 43.9 Å². The first-order chi connectivity index (χ1) is 11.6. The number of nitrogens with zero attached hydrogens (tertiary/aromatic N) is 1. The predicted molar refractivity (Wildman–Crippen MR) is 86.6 cm³/mol. The normalized spacial score (nSPS) is 26.4. The summed E-state index contributed by atoms with van der Waals surface area (Å²) in [5.74, 6) is -1.10. The van der Waals surface area contributed by atoms with Crippen molar-refractivity contribution in [1.82, 2.24) is 4.90 Å². The largest absolute Gasteiger partial charge is 0.479 e. The summed E-state index contributed by atoms with van der Waals surface area (Å²) in [4.78, 5) is 25.7. The fourth-order valence-corrected chi connectivity index (χ4v) is 3.32. The van der Waals surface area contributed by atoms with E-state index < -0.39 is 18.2 Å². The molecule has 130 valence electrons. The van der Waals surface area contributed by atoms with Crippen LogP contribution in [0.2, 0.25) is 0 Å². The second kappa shape index (κ2) is 7.77. The van der Waals surface area contributed by atoms with Gasteiger partial charge in [0.2, 0.25) is 0 Å². The first-order valence-corrected chi connectivity index (χ1v) is 8.45. The van der Waals surface area contributed by atoms with Gasteiger partial charge in [-0.15, -0.1) is 0 Å². The monoisotopic (exact) mass is 333 g/mol. The molecule has 1 amide bonds. The molecule has 6 nitrogen and oxygen atoms in total. The van der Waals surface area contributed by atoms with Gasteiger partial charge in [0.15, 0.2) is 6.10 Å². The Morgan fingerprint density at radius 2 is 1.88 bits per heavy atom. The first kappa shape index (κ1) is 16.9. The Labute approximate surface area is 141 Å². The van der Waals surface area contributed by atoms with E-state index in [9.17, 15) is 9.59 Å². The number of hydrogen-bond donors (Lipinski definition) is 1. The van der Waals surface area contributed by atoms with Crippen LogP contribution in [0.25, 0.3) is 0 Å². The maximum absolute atomic E-state index is 12.9. The third-order valence-corrected chi connectivity index (χ3v) is 4.68. The van der Waals surface area contributed by atoms with Crippen molar-refractivity contribution in [3.05, 3.63) is 35.9 Å². The highest BCUT2D eigenvalue weighted by molar-refractivity contribution is 5.83. The van der Waals surface area contributed by atoms with E-state index in [1.54, 1.807) is 0 Å². The lowest BCUT2D eigenvalue weighted by atomic mass is 10.1. The molecule has 2 fully saturated rings. The molecule has 1 N–H and O–H groups in total. The average Bonchev–Trinajstić information content (AvgIpc) is 3.28. The lowest BCUT2D eigenvalue weighted by molar-refractivity contribution is -0.155. The van der Waals surface area contributed by atoms with Crippen LogP contribution >= 0.6 is 0 Å². The molecule has 6 heteroatoms. The molecular weight excluding hydrogens is 310 g/mol. The Morgan fingerprint density at radius 1 is 1.12 bits per heavy atom. The van der Waals surface area contributed by atoms with Gasteiger partial charge < -0.3 is 19.5 Å². The van der Waals surface area contributed by atoms with Gasteiger partial charge in [0, 0.05) is 13.2 Å². The molecule has 2 aliphatic rings. The van der Waals surface area contributed by atoms with E-state index in [-0.39, 0.29) is 11.9 Å². The molecule has 3 rings (SSSR count). The molecule has 0 aromatic heterocycles. The predicted octanol–water partition coefficient (Wildman–Crippen LogP) is 1.48. The molecule has 1 unspecified atom stereocenters. The maximum atomic E-state index is 12.9. The van der Waals surface area contributed by atoms with Crippen molar-refractivity contribution >= 4 is 11.9 Å². The van der Waals surface area contributed by atoms with Crippen molar-refractivity contribution in [3.8, 4) is 0 Å². The molecule has 1 aromatic carbocycles. The van der Waals surface area contributed by atoms with E-state index in [0.717, 1.165) is 12.8 Å². The highest BCUT2D eigenvalue weighted by atomic mass is 16.5. The Morgan fingerprint density at radius 3 is 2.50 bits per heavy atom. The van der Waals surface area contributed by atoms with Gasteiger partial charge in [-0.05, 0) is 31.2 Å². The van der Waals surface area contributed by atoms with E-state index in [0.29, 0.717) is 32.6 Å². The lowest BCUT2D eigenvalue weighted by Crippen LogP contribution is -2.47. The zero-order valence-electron chi connectivity index (χ0n) is 13.6. The topological polar surface area (TPSA) is 76.1 Å². The van der Waals surface area contributed by atoms with Gasteiger partial charge in [0.1, 0.15) is 6.10 Å². The van der Waals surface area contributed by atoms with Crippen molar-refractivity contribution < 1.29 is 24.2 Å². The highest BCUT2D eigenvalue weighted by Gasteiger charge is 2.39. The van der Waals surface area contributed by atoms with Crippen LogP contribution in [-0.4, -0.2) is 59.9 Å². The van der Waals surface area contributed by atoms with Crippen LogP contribution in [0.3, 0.4) is 0 Å². The van der Waals surface area contributed by atoms with E-state index in [2.05, 4.69) is 0 Å². The molecular formula is C18H23NO5. The van der Waals surface area contributed by atoms with Crippen molar-refractivity contribution in [2.75, 3.05) is 19.8 Å². The van der Waals surface area contributed by atoms with E-state index >= 15 is 0 Å². The second-order valence-corrected chi connectivity index (χ2v) is 6.31. The van der Waals surface area contributed by atoms with Gasteiger partial charge >= 0.3 is 5.97 Å². The van der Waals surface area contributed by atoms with Gasteiger partial charge in [-0.2, -0.15) is 0 Å². The van der Waals surface area contributed by atoms with Crippen molar-refractivity contribution in [3.63, 3.8) is 0 Å². The molecule has 2 saturated heterocycles. The van der Waals surface area contributed by atoms with Crippen LogP contribution in [0.5, 0.6) is 0 Å². The Balaban J connectivity index is 1.65. The van der Waals surface area contributed by atoms with E-state index in [1.807, 2.05) is 35.2 Å². The summed E-state index contributed by atoms with van der Waals surface area (Å²) in [6.45, 7) is 1.78. The number of aliphatic carboxylic acids is 1. The van der Waals surface area contributed by atoms with E-state index in [1.165, 1.54) is 5.56 Å².